The van der Waals surface area contributed by atoms with Crippen LogP contribution in [-0.4, -0.2) is 19.3 Å². The van der Waals surface area contributed by atoms with Crippen molar-refractivity contribution in [2.45, 2.75) is 0 Å². The zero-order valence-electron chi connectivity index (χ0n) is 19.2. The second kappa shape index (κ2) is 11.9. The van der Waals surface area contributed by atoms with E-state index in [1.54, 1.807) is 42.5 Å². The van der Waals surface area contributed by atoms with Gasteiger partial charge >= 0.3 is 8.69 Å². The van der Waals surface area contributed by atoms with Gasteiger partial charge in [-0.2, -0.15) is 5.26 Å². The number of allylic oxidation sites excluding steroid dienone is 1. The van der Waals surface area contributed by atoms with Crippen molar-refractivity contribution in [3.63, 3.8) is 0 Å². The Morgan fingerprint density at radius 1 is 0.861 bits per heavy atom. The van der Waals surface area contributed by atoms with Gasteiger partial charge in [-0.15, -0.1) is 0 Å². The van der Waals surface area contributed by atoms with E-state index in [4.69, 9.17) is 23.6 Å². The van der Waals surface area contributed by atoms with E-state index in [1.807, 2.05) is 36.4 Å². The molecule has 0 N–H and O–H groups in total. The van der Waals surface area contributed by atoms with Crippen molar-refractivity contribution in [3.05, 3.63) is 101 Å². The summed E-state index contributed by atoms with van der Waals surface area (Å²) in [6.45, 7) is 0. The average Bonchev–Trinajstić information content (AvgIpc) is 3.25. The Labute approximate surface area is 213 Å². The molecule has 10 heteroatoms. The third kappa shape index (κ3) is 5.52. The van der Waals surface area contributed by atoms with Gasteiger partial charge in [-0.1, -0.05) is 53.3 Å². The topological polar surface area (TPSA) is 99.4 Å². The lowest BCUT2D eigenvalue weighted by Gasteiger charge is -2.13. The molecule has 36 heavy (non-hydrogen) atoms. The molecule has 0 radical (unpaired) electrons. The van der Waals surface area contributed by atoms with Gasteiger partial charge in [0, 0.05) is 0 Å². The summed E-state index contributed by atoms with van der Waals surface area (Å²) in [6, 6.07) is 25.5. The van der Waals surface area contributed by atoms with E-state index in [2.05, 4.69) is 11.2 Å². The number of methoxy groups -OCH3 is 2. The summed E-state index contributed by atoms with van der Waals surface area (Å²) < 4.78 is 38.9. The quantitative estimate of drug-likeness (QED) is 0.178. The maximum atomic E-state index is 11.0. The largest absolute Gasteiger partial charge is 0.493 e. The lowest BCUT2D eigenvalue weighted by atomic mass is 10.0. The highest BCUT2D eigenvalue weighted by molar-refractivity contribution is 8.18. The summed E-state index contributed by atoms with van der Waals surface area (Å²) in [6.07, 6.45) is 0. The van der Waals surface area contributed by atoms with Crippen LogP contribution in [0, 0.1) is 11.3 Å². The molecule has 0 saturated carbocycles. The summed E-state index contributed by atoms with van der Waals surface area (Å²) in [7, 11) is 2.42. The number of nitriles is 1. The molecular weight excluding hydrogens is 499 g/mol. The van der Waals surface area contributed by atoms with Gasteiger partial charge in [0.15, 0.2) is 22.3 Å². The second-order valence-electron chi connectivity index (χ2n) is 7.03. The highest BCUT2D eigenvalue weighted by Crippen LogP contribution is 2.45. The van der Waals surface area contributed by atoms with E-state index in [1.165, 1.54) is 14.2 Å². The zero-order chi connectivity index (χ0) is 25.3. The number of nitrogens with zero attached hydrogens (tertiary/aromatic N) is 2. The van der Waals surface area contributed by atoms with Crippen LogP contribution in [0.15, 0.2) is 100 Å². The van der Waals surface area contributed by atoms with Gasteiger partial charge in [0.1, 0.15) is 17.6 Å². The Kier molecular flexibility index (Phi) is 8.24. The molecule has 0 bridgehead atoms. The Morgan fingerprint density at radius 3 is 2.03 bits per heavy atom. The fraction of sp³-hybridized carbons (Fsp3) is 0.0769. The van der Waals surface area contributed by atoms with Gasteiger partial charge in [-0.05, 0) is 48.0 Å². The number of thioether (sulfide) groups is 1. The second-order valence-corrected chi connectivity index (χ2v) is 8.34. The van der Waals surface area contributed by atoms with E-state index in [0.29, 0.717) is 33.5 Å². The summed E-state index contributed by atoms with van der Waals surface area (Å²) >= 11 is 1.10. The standard InChI is InChI=1S/C26H19N2O6PS/c1-30-21-14-13-17(15-22(21)31-2)20(16-27)25-23(32-18-9-5-3-6-10-18)24(26(36-25)28-34-35-29)33-19-11-7-4-8-12-19/h3-15H,1-2H3. The Bertz CT molecular complexity index is 1380. The first-order valence-corrected chi connectivity index (χ1v) is 12.1. The van der Waals surface area contributed by atoms with Crippen molar-refractivity contribution in [3.8, 4) is 29.1 Å². The summed E-state index contributed by atoms with van der Waals surface area (Å²) in [4.78, 5) is 0.435. The molecule has 3 aromatic carbocycles. The first-order chi connectivity index (χ1) is 17.7. The van der Waals surface area contributed by atoms with Crippen LogP contribution in [0.1, 0.15) is 5.56 Å². The van der Waals surface area contributed by atoms with Crippen LogP contribution in [0.2, 0.25) is 0 Å². The zero-order valence-corrected chi connectivity index (χ0v) is 20.9. The summed E-state index contributed by atoms with van der Waals surface area (Å²) in [5.41, 5.74) is 0.848. The Balaban J connectivity index is 1.93. The number of rotatable bonds is 9. The molecule has 3 aromatic rings. The molecule has 0 aliphatic carbocycles. The van der Waals surface area contributed by atoms with Gasteiger partial charge < -0.3 is 18.9 Å². The Morgan fingerprint density at radius 2 is 1.47 bits per heavy atom. The lowest BCUT2D eigenvalue weighted by Crippen LogP contribution is -2.07. The maximum absolute atomic E-state index is 11.0. The van der Waals surface area contributed by atoms with E-state index in [9.17, 15) is 9.83 Å². The smallest absolute Gasteiger partial charge is 0.419 e. The minimum Gasteiger partial charge on any atom is -0.493 e. The molecule has 0 spiro atoms. The molecule has 4 rings (SSSR count). The SMILES string of the molecule is COc1ccc(C(C#N)=C2SC(=NOP=O)C(Oc3ccccc3)=C2Oc2ccccc2)cc1OC. The lowest BCUT2D eigenvalue weighted by molar-refractivity contribution is 0.355. The van der Waals surface area contributed by atoms with Crippen molar-refractivity contribution >= 4 is 31.1 Å². The van der Waals surface area contributed by atoms with Crippen LogP contribution < -0.4 is 18.9 Å². The van der Waals surface area contributed by atoms with Gasteiger partial charge in [-0.3, -0.25) is 4.62 Å². The first kappa shape index (κ1) is 24.9. The molecular formula is C26H19N2O6PS. The normalized spacial score (nSPS) is 15.4. The van der Waals surface area contributed by atoms with E-state index in [0.717, 1.165) is 11.8 Å². The molecule has 0 atom stereocenters. The van der Waals surface area contributed by atoms with Crippen LogP contribution in [0.4, 0.5) is 0 Å². The van der Waals surface area contributed by atoms with Crippen LogP contribution in [0.3, 0.4) is 0 Å². The Hall–Kier alpha value is -4.25. The maximum Gasteiger partial charge on any atom is 0.419 e. The summed E-state index contributed by atoms with van der Waals surface area (Å²) in [5, 5.41) is 14.4. The van der Waals surface area contributed by atoms with Crippen LogP contribution >= 0.6 is 20.4 Å². The average molecular weight is 518 g/mol. The molecule has 1 aliphatic heterocycles. The molecule has 0 amide bonds. The molecule has 1 heterocycles. The van der Waals surface area contributed by atoms with E-state index >= 15 is 0 Å². The highest BCUT2D eigenvalue weighted by atomic mass is 32.2. The number of oxime groups is 1. The van der Waals surface area contributed by atoms with Crippen molar-refractivity contribution in [1.29, 1.82) is 5.26 Å². The third-order valence-corrected chi connectivity index (χ3v) is 6.10. The van der Waals surface area contributed by atoms with Crippen molar-refractivity contribution in [2.24, 2.45) is 5.16 Å². The minimum absolute atomic E-state index is 0.210. The molecule has 0 aromatic heterocycles. The van der Waals surface area contributed by atoms with Gasteiger partial charge in [-0.25, -0.2) is 4.57 Å². The van der Waals surface area contributed by atoms with Crippen LogP contribution in [0.5, 0.6) is 23.0 Å². The molecule has 180 valence electrons. The minimum atomic E-state index is -0.638. The fourth-order valence-electron chi connectivity index (χ4n) is 3.30. The predicted octanol–water partition coefficient (Wildman–Crippen LogP) is 6.59. The van der Waals surface area contributed by atoms with Gasteiger partial charge in [0.2, 0.25) is 5.76 Å². The van der Waals surface area contributed by atoms with E-state index in [-0.39, 0.29) is 22.1 Å². The molecule has 0 unspecified atom stereocenters. The summed E-state index contributed by atoms with van der Waals surface area (Å²) in [5.74, 6) is 2.49. The molecule has 0 fully saturated rings. The molecule has 8 nitrogen and oxygen atoms in total. The molecule has 0 saturated heterocycles. The van der Waals surface area contributed by atoms with Crippen LogP contribution in [0.25, 0.3) is 5.57 Å². The number of hydrogen-bond donors (Lipinski definition) is 0. The first-order valence-electron chi connectivity index (χ1n) is 10.5. The number of hydrogen-bond acceptors (Lipinski definition) is 9. The van der Waals surface area contributed by atoms with E-state index < -0.39 is 8.69 Å². The highest BCUT2D eigenvalue weighted by Gasteiger charge is 2.35. The number of para-hydroxylation sites is 2. The fourth-order valence-corrected chi connectivity index (χ4v) is 4.46. The monoisotopic (exact) mass is 518 g/mol. The van der Waals surface area contributed by atoms with Crippen LogP contribution in [-0.2, 0) is 9.19 Å². The number of ether oxygens (including phenoxy) is 4. The van der Waals surface area contributed by atoms with Crippen molar-refractivity contribution in [2.75, 3.05) is 14.2 Å². The third-order valence-electron chi connectivity index (χ3n) is 4.90. The molecule has 1 aliphatic rings. The van der Waals surface area contributed by atoms with Crippen molar-refractivity contribution in [1.82, 2.24) is 0 Å². The van der Waals surface area contributed by atoms with Crippen molar-refractivity contribution < 1.29 is 28.1 Å². The predicted molar refractivity (Wildman–Crippen MR) is 137 cm³/mol. The number of benzene rings is 3. The van der Waals surface area contributed by atoms with Gasteiger partial charge in [0.25, 0.3) is 0 Å². The van der Waals surface area contributed by atoms with Gasteiger partial charge in [0.05, 0.1) is 24.7 Å².